The van der Waals surface area contributed by atoms with Gasteiger partial charge in [0.25, 0.3) is 6.33 Å². The van der Waals surface area contributed by atoms with E-state index in [4.69, 9.17) is 9.73 Å². The van der Waals surface area contributed by atoms with E-state index in [9.17, 15) is 0 Å². The van der Waals surface area contributed by atoms with Crippen LogP contribution >= 0.6 is 0 Å². The molecule has 0 amide bonds. The molecule has 0 spiro atoms. The third-order valence-electron chi connectivity index (χ3n) is 8.45. The Hall–Kier alpha value is -6.20. The van der Waals surface area contributed by atoms with E-state index in [1.807, 2.05) is 48.7 Å². The Morgan fingerprint density at radius 2 is 1.33 bits per heavy atom. The number of aliphatic imine (C=N–C) groups is 1. The van der Waals surface area contributed by atoms with Gasteiger partial charge in [0.15, 0.2) is 0 Å². The molecule has 6 aromatic carbocycles. The molecule has 0 fully saturated rings. The van der Waals surface area contributed by atoms with Gasteiger partial charge in [-0.3, -0.25) is 9.13 Å². The molecule has 5 nitrogen and oxygen atoms in total. The normalized spacial score (nSPS) is 12.1. The first-order chi connectivity index (χ1) is 22.3. The lowest BCUT2D eigenvalue weighted by atomic mass is 9.89. The van der Waals surface area contributed by atoms with Gasteiger partial charge in [-0.05, 0) is 59.2 Å². The number of para-hydroxylation sites is 3. The summed E-state index contributed by atoms with van der Waals surface area (Å²) in [7, 11) is 0. The number of benzene rings is 6. The minimum Gasteiger partial charge on any atom is -0.439 e. The van der Waals surface area contributed by atoms with Crippen molar-refractivity contribution < 1.29 is 9.30 Å². The summed E-state index contributed by atoms with van der Waals surface area (Å²) in [4.78, 5) is 8.70. The quantitative estimate of drug-likeness (QED) is 0.165. The van der Waals surface area contributed by atoms with Gasteiger partial charge in [0.1, 0.15) is 5.75 Å². The molecule has 1 N–H and O–H groups in total. The molecule has 0 atom stereocenters. The van der Waals surface area contributed by atoms with Crippen molar-refractivity contribution in [2.24, 2.45) is 4.99 Å². The zero-order valence-corrected chi connectivity index (χ0v) is 24.2. The fraction of sp³-hybridized carbons (Fsp3) is 0. The van der Waals surface area contributed by atoms with Crippen LogP contribution in [0, 0.1) is 6.33 Å². The third kappa shape index (κ3) is 4.17. The first-order valence-electron chi connectivity index (χ1n) is 15.0. The van der Waals surface area contributed by atoms with Gasteiger partial charge in [-0.15, -0.1) is 0 Å². The van der Waals surface area contributed by atoms with Crippen molar-refractivity contribution in [1.82, 2.24) is 9.55 Å². The summed E-state index contributed by atoms with van der Waals surface area (Å²) < 4.78 is 11.0. The maximum absolute atomic E-state index is 6.78. The SMILES string of the molecule is [c-]1n(-c2ccccc2)c2ccccc2[n+]1-c1cccc(OC2=Nc3c(ccc4cc[nH]c34)-c3ccccc3-c3ccccc32)c1. The van der Waals surface area contributed by atoms with Crippen LogP contribution in [-0.2, 0) is 0 Å². The zero-order chi connectivity index (χ0) is 29.7. The Labute approximate surface area is 260 Å². The molecule has 9 rings (SSSR count). The van der Waals surface area contributed by atoms with Gasteiger partial charge in [-0.2, -0.15) is 0 Å². The molecule has 45 heavy (non-hydrogen) atoms. The number of aromatic amines is 1. The number of imidazole rings is 1. The summed E-state index contributed by atoms with van der Waals surface area (Å²) in [6, 6.07) is 50.0. The second-order valence-electron chi connectivity index (χ2n) is 11.1. The first-order valence-corrected chi connectivity index (χ1v) is 15.0. The number of H-pyrrole nitrogens is 1. The Morgan fingerprint density at radius 1 is 0.622 bits per heavy atom. The average Bonchev–Trinajstić information content (AvgIpc) is 3.74. The van der Waals surface area contributed by atoms with Gasteiger partial charge in [0.2, 0.25) is 5.90 Å². The molecule has 8 aromatic rings. The van der Waals surface area contributed by atoms with Crippen LogP contribution in [0.4, 0.5) is 5.69 Å². The van der Waals surface area contributed by atoms with Gasteiger partial charge < -0.3 is 9.72 Å². The highest BCUT2D eigenvalue weighted by atomic mass is 16.5. The second kappa shape index (κ2) is 10.2. The zero-order valence-electron chi connectivity index (χ0n) is 24.2. The van der Waals surface area contributed by atoms with E-state index in [1.54, 1.807) is 0 Å². The number of hydrogen-bond donors (Lipinski definition) is 1. The van der Waals surface area contributed by atoms with Crippen LogP contribution in [0.5, 0.6) is 5.75 Å². The van der Waals surface area contributed by atoms with Crippen molar-refractivity contribution in [1.29, 1.82) is 0 Å². The summed E-state index contributed by atoms with van der Waals surface area (Å²) in [5, 5.41) is 1.10. The number of ether oxygens (including phenoxy) is 1. The fourth-order valence-corrected chi connectivity index (χ4v) is 6.36. The molecule has 0 saturated heterocycles. The minimum absolute atomic E-state index is 0.543. The van der Waals surface area contributed by atoms with E-state index in [2.05, 4.69) is 124 Å². The van der Waals surface area contributed by atoms with Crippen LogP contribution in [0.25, 0.3) is 55.6 Å². The van der Waals surface area contributed by atoms with E-state index in [0.717, 1.165) is 66.8 Å². The Balaban J connectivity index is 1.21. The average molecular weight is 579 g/mol. The van der Waals surface area contributed by atoms with E-state index < -0.39 is 0 Å². The highest BCUT2D eigenvalue weighted by Gasteiger charge is 2.23. The number of hydrogen-bond acceptors (Lipinski definition) is 2. The molecule has 1 aliphatic rings. The number of nitrogens with zero attached hydrogens (tertiary/aromatic N) is 3. The molecule has 0 unspecified atom stereocenters. The van der Waals surface area contributed by atoms with Gasteiger partial charge in [0, 0.05) is 22.7 Å². The van der Waals surface area contributed by atoms with E-state index in [-0.39, 0.29) is 0 Å². The van der Waals surface area contributed by atoms with Crippen LogP contribution in [0.1, 0.15) is 5.56 Å². The summed E-state index contributed by atoms with van der Waals surface area (Å²) in [5.74, 6) is 1.23. The Kier molecular flexibility index (Phi) is 5.74. The Bertz CT molecular complexity index is 2420. The molecule has 0 radical (unpaired) electrons. The monoisotopic (exact) mass is 578 g/mol. The molecule has 1 aliphatic heterocycles. The molecule has 0 bridgehead atoms. The molecular formula is C40H26N4O. The topological polar surface area (TPSA) is 46.2 Å². The van der Waals surface area contributed by atoms with Crippen molar-refractivity contribution in [2.45, 2.75) is 0 Å². The lowest BCUT2D eigenvalue weighted by molar-refractivity contribution is -0.572. The lowest BCUT2D eigenvalue weighted by Crippen LogP contribution is -2.29. The molecular weight excluding hydrogens is 552 g/mol. The van der Waals surface area contributed by atoms with Crippen LogP contribution in [0.2, 0.25) is 0 Å². The van der Waals surface area contributed by atoms with Gasteiger partial charge >= 0.3 is 0 Å². The molecule has 2 aromatic heterocycles. The van der Waals surface area contributed by atoms with Gasteiger partial charge in [-0.25, -0.2) is 4.99 Å². The van der Waals surface area contributed by atoms with Crippen LogP contribution in [-0.4, -0.2) is 15.4 Å². The van der Waals surface area contributed by atoms with Crippen molar-refractivity contribution in [2.75, 3.05) is 0 Å². The smallest absolute Gasteiger partial charge is 0.269 e. The highest BCUT2D eigenvalue weighted by Crippen LogP contribution is 2.44. The summed E-state index contributed by atoms with van der Waals surface area (Å²) in [6.45, 7) is 0. The standard InChI is InChI=1S/C40H26N4O/c1-2-11-28(12-3-1)43-26-44(37-20-9-8-19-36(37)43)29-13-10-14-30(25-29)45-40-35-18-7-6-17-33(35)31-15-4-5-16-32(31)34-22-21-27-23-24-41-38(27)39(34)42-40/h1-25,41H. The fourth-order valence-electron chi connectivity index (χ4n) is 6.36. The lowest BCUT2D eigenvalue weighted by Gasteiger charge is -2.21. The minimum atomic E-state index is 0.543. The number of fused-ring (bicyclic) bond motifs is 8. The van der Waals surface area contributed by atoms with E-state index >= 15 is 0 Å². The number of nitrogens with one attached hydrogen (secondary N) is 1. The third-order valence-corrected chi connectivity index (χ3v) is 8.45. The molecule has 0 aliphatic carbocycles. The summed E-state index contributed by atoms with van der Waals surface area (Å²) in [6.07, 6.45) is 5.53. The van der Waals surface area contributed by atoms with Crippen LogP contribution in [0.15, 0.2) is 157 Å². The van der Waals surface area contributed by atoms with Crippen LogP contribution in [0.3, 0.4) is 0 Å². The Morgan fingerprint density at radius 3 is 2.18 bits per heavy atom. The largest absolute Gasteiger partial charge is 0.439 e. The second-order valence-corrected chi connectivity index (χ2v) is 11.1. The van der Waals surface area contributed by atoms with Crippen LogP contribution < -0.4 is 9.30 Å². The predicted octanol–water partition coefficient (Wildman–Crippen LogP) is 8.99. The highest BCUT2D eigenvalue weighted by molar-refractivity contribution is 6.11. The maximum atomic E-state index is 6.78. The van der Waals surface area contributed by atoms with E-state index in [0.29, 0.717) is 11.6 Å². The molecule has 5 heteroatoms. The number of aromatic nitrogens is 3. The number of rotatable bonds is 3. The van der Waals surface area contributed by atoms with Crippen molar-refractivity contribution in [3.63, 3.8) is 0 Å². The van der Waals surface area contributed by atoms with E-state index in [1.165, 1.54) is 0 Å². The molecule has 3 heterocycles. The summed E-state index contributed by atoms with van der Waals surface area (Å²) >= 11 is 0. The van der Waals surface area contributed by atoms with Crippen molar-refractivity contribution in [3.8, 4) is 39.4 Å². The van der Waals surface area contributed by atoms with Crippen molar-refractivity contribution >= 4 is 33.5 Å². The maximum Gasteiger partial charge on any atom is 0.269 e. The predicted molar refractivity (Wildman–Crippen MR) is 180 cm³/mol. The van der Waals surface area contributed by atoms with Gasteiger partial charge in [-0.1, -0.05) is 103 Å². The summed E-state index contributed by atoms with van der Waals surface area (Å²) in [5.41, 5.74) is 11.3. The van der Waals surface area contributed by atoms with Gasteiger partial charge in [0.05, 0.1) is 33.6 Å². The van der Waals surface area contributed by atoms with Crippen molar-refractivity contribution in [3.05, 3.63) is 164 Å². The molecule has 0 saturated carbocycles. The molecule has 212 valence electrons. The first kappa shape index (κ1) is 25.3.